The molecule has 2 heterocycles. The predicted octanol–water partition coefficient (Wildman–Crippen LogP) is 3.34. The number of Topliss-reactive ketones (excluding diaryl/α,β-unsaturated/α-hetero) is 1. The largest absolute Gasteiger partial charge is 0.465 e. The van der Waals surface area contributed by atoms with Crippen LogP contribution >= 0.6 is 0 Å². The van der Waals surface area contributed by atoms with Gasteiger partial charge in [0.15, 0.2) is 5.78 Å². The third-order valence-corrected chi connectivity index (χ3v) is 4.24. The molecule has 0 aliphatic rings. The molecular formula is C20H19NO6. The van der Waals surface area contributed by atoms with Gasteiger partial charge < -0.3 is 18.9 Å². The van der Waals surface area contributed by atoms with E-state index in [1.807, 2.05) is 24.3 Å². The van der Waals surface area contributed by atoms with E-state index in [0.717, 1.165) is 5.39 Å². The first-order valence-electron chi connectivity index (χ1n) is 8.34. The number of H-pyrrole nitrogens is 1. The molecule has 0 bridgehead atoms. The van der Waals surface area contributed by atoms with Crippen LogP contribution in [0.4, 0.5) is 0 Å². The minimum Gasteiger partial charge on any atom is -0.465 e. The van der Waals surface area contributed by atoms with Gasteiger partial charge >= 0.3 is 11.9 Å². The van der Waals surface area contributed by atoms with E-state index >= 15 is 0 Å². The van der Waals surface area contributed by atoms with Crippen LogP contribution in [0.5, 0.6) is 0 Å². The van der Waals surface area contributed by atoms with E-state index in [1.165, 1.54) is 14.0 Å². The summed E-state index contributed by atoms with van der Waals surface area (Å²) in [5.41, 5.74) is 1.91. The fourth-order valence-electron chi connectivity index (χ4n) is 2.98. The summed E-state index contributed by atoms with van der Waals surface area (Å²) in [6.45, 7) is 2.98. The van der Waals surface area contributed by atoms with E-state index in [2.05, 4.69) is 4.98 Å². The molecule has 0 atom stereocenters. The Hall–Kier alpha value is -3.35. The zero-order valence-corrected chi connectivity index (χ0v) is 15.3. The SMILES string of the molecule is COC(=O)c1c(CC(=O)OCc2cc3ccccc3o2)[nH]c(C(C)=O)c1C. The Bertz CT molecular complexity index is 993. The van der Waals surface area contributed by atoms with Crippen molar-refractivity contribution in [1.29, 1.82) is 0 Å². The minimum absolute atomic E-state index is 0.0275. The van der Waals surface area contributed by atoms with Crippen LogP contribution in [-0.4, -0.2) is 29.8 Å². The van der Waals surface area contributed by atoms with Crippen molar-refractivity contribution in [2.45, 2.75) is 26.9 Å². The Kier molecular flexibility index (Phi) is 5.12. The molecule has 3 aromatic rings. The van der Waals surface area contributed by atoms with Crippen molar-refractivity contribution in [1.82, 2.24) is 4.98 Å². The number of benzene rings is 1. The van der Waals surface area contributed by atoms with E-state index < -0.39 is 11.9 Å². The number of aromatic amines is 1. The van der Waals surface area contributed by atoms with Crippen LogP contribution in [0, 0.1) is 6.92 Å². The Morgan fingerprint density at radius 2 is 1.93 bits per heavy atom. The first-order valence-corrected chi connectivity index (χ1v) is 8.34. The molecule has 140 valence electrons. The highest BCUT2D eigenvalue weighted by molar-refractivity contribution is 6.01. The van der Waals surface area contributed by atoms with Crippen molar-refractivity contribution in [3.8, 4) is 0 Å². The summed E-state index contributed by atoms with van der Waals surface area (Å²) < 4.78 is 15.6. The van der Waals surface area contributed by atoms with Crippen molar-refractivity contribution in [3.05, 3.63) is 58.6 Å². The maximum Gasteiger partial charge on any atom is 0.339 e. The normalized spacial score (nSPS) is 10.8. The van der Waals surface area contributed by atoms with Gasteiger partial charge in [0.25, 0.3) is 0 Å². The highest BCUT2D eigenvalue weighted by Crippen LogP contribution is 2.22. The summed E-state index contributed by atoms with van der Waals surface area (Å²) in [5.74, 6) is -0.891. The third kappa shape index (κ3) is 3.76. The lowest BCUT2D eigenvalue weighted by atomic mass is 10.1. The van der Waals surface area contributed by atoms with E-state index in [4.69, 9.17) is 13.9 Å². The minimum atomic E-state index is -0.615. The topological polar surface area (TPSA) is 98.6 Å². The monoisotopic (exact) mass is 369 g/mol. The molecule has 1 N–H and O–H groups in total. The Morgan fingerprint density at radius 1 is 1.19 bits per heavy atom. The molecule has 0 saturated carbocycles. The summed E-state index contributed by atoms with van der Waals surface area (Å²) in [5, 5.41) is 0.919. The van der Waals surface area contributed by atoms with Crippen LogP contribution in [0.25, 0.3) is 11.0 Å². The number of nitrogens with one attached hydrogen (secondary N) is 1. The fourth-order valence-corrected chi connectivity index (χ4v) is 2.98. The first-order chi connectivity index (χ1) is 12.9. The van der Waals surface area contributed by atoms with Crippen molar-refractivity contribution < 1.29 is 28.3 Å². The number of hydrogen-bond acceptors (Lipinski definition) is 6. The number of ketones is 1. The van der Waals surface area contributed by atoms with Crippen molar-refractivity contribution in [2.75, 3.05) is 7.11 Å². The average Bonchev–Trinajstić information content (AvgIpc) is 3.20. The van der Waals surface area contributed by atoms with E-state index in [1.54, 1.807) is 13.0 Å². The Morgan fingerprint density at radius 3 is 2.59 bits per heavy atom. The lowest BCUT2D eigenvalue weighted by Gasteiger charge is -2.04. The molecule has 0 saturated heterocycles. The number of methoxy groups -OCH3 is 1. The Labute approximate surface area is 155 Å². The molecule has 0 radical (unpaired) electrons. The lowest BCUT2D eigenvalue weighted by molar-refractivity contribution is -0.144. The zero-order valence-electron chi connectivity index (χ0n) is 15.3. The van der Waals surface area contributed by atoms with Gasteiger partial charge in [-0.15, -0.1) is 0 Å². The van der Waals surface area contributed by atoms with Crippen LogP contribution in [0.3, 0.4) is 0 Å². The van der Waals surface area contributed by atoms with Gasteiger partial charge in [0.2, 0.25) is 0 Å². The molecular weight excluding hydrogens is 350 g/mol. The average molecular weight is 369 g/mol. The molecule has 0 amide bonds. The molecule has 0 aliphatic heterocycles. The second-order valence-corrected chi connectivity index (χ2v) is 6.11. The number of furan rings is 1. The number of carbonyl (C=O) groups is 3. The van der Waals surface area contributed by atoms with Gasteiger partial charge in [0, 0.05) is 18.0 Å². The van der Waals surface area contributed by atoms with E-state index in [-0.39, 0.29) is 30.1 Å². The molecule has 0 spiro atoms. The van der Waals surface area contributed by atoms with E-state index in [9.17, 15) is 14.4 Å². The molecule has 3 rings (SSSR count). The van der Waals surface area contributed by atoms with Crippen LogP contribution in [0.2, 0.25) is 0 Å². The van der Waals surface area contributed by atoms with Crippen LogP contribution < -0.4 is 0 Å². The molecule has 0 fully saturated rings. The number of esters is 2. The van der Waals surface area contributed by atoms with Crippen molar-refractivity contribution in [2.24, 2.45) is 0 Å². The van der Waals surface area contributed by atoms with Crippen LogP contribution in [0.1, 0.15) is 44.8 Å². The summed E-state index contributed by atoms with van der Waals surface area (Å²) in [7, 11) is 1.24. The van der Waals surface area contributed by atoms with Crippen molar-refractivity contribution in [3.63, 3.8) is 0 Å². The smallest absolute Gasteiger partial charge is 0.339 e. The lowest BCUT2D eigenvalue weighted by Crippen LogP contribution is -2.12. The zero-order chi connectivity index (χ0) is 19.6. The highest BCUT2D eigenvalue weighted by Gasteiger charge is 2.24. The maximum absolute atomic E-state index is 12.2. The number of hydrogen-bond donors (Lipinski definition) is 1. The van der Waals surface area contributed by atoms with Gasteiger partial charge in [-0.2, -0.15) is 0 Å². The third-order valence-electron chi connectivity index (χ3n) is 4.24. The van der Waals surface area contributed by atoms with Crippen molar-refractivity contribution >= 4 is 28.7 Å². The summed E-state index contributed by atoms with van der Waals surface area (Å²) >= 11 is 0. The summed E-state index contributed by atoms with van der Waals surface area (Å²) in [4.78, 5) is 38.8. The number of aromatic nitrogens is 1. The van der Waals surface area contributed by atoms with Crippen LogP contribution in [0.15, 0.2) is 34.7 Å². The molecule has 7 heteroatoms. The predicted molar refractivity (Wildman–Crippen MR) is 96.6 cm³/mol. The van der Waals surface area contributed by atoms with Gasteiger partial charge in [-0.3, -0.25) is 9.59 Å². The molecule has 0 aliphatic carbocycles. The summed E-state index contributed by atoms with van der Waals surface area (Å²) in [6, 6.07) is 9.28. The number of para-hydroxylation sites is 1. The van der Waals surface area contributed by atoms with Gasteiger partial charge in [-0.25, -0.2) is 4.79 Å². The molecule has 0 unspecified atom stereocenters. The number of carbonyl (C=O) groups excluding carboxylic acids is 3. The van der Waals surface area contributed by atoms with Crippen LogP contribution in [-0.2, 0) is 27.3 Å². The van der Waals surface area contributed by atoms with Gasteiger partial charge in [0.05, 0.1) is 24.8 Å². The number of ether oxygens (including phenoxy) is 2. The maximum atomic E-state index is 12.2. The van der Waals surface area contributed by atoms with Gasteiger partial charge in [0.1, 0.15) is 18.0 Å². The second kappa shape index (κ2) is 7.49. The molecule has 27 heavy (non-hydrogen) atoms. The first kappa shape index (κ1) is 18.4. The van der Waals surface area contributed by atoms with Gasteiger partial charge in [-0.05, 0) is 24.6 Å². The fraction of sp³-hybridized carbons (Fsp3) is 0.250. The Balaban J connectivity index is 1.74. The quantitative estimate of drug-likeness (QED) is 0.528. The number of rotatable bonds is 6. The molecule has 7 nitrogen and oxygen atoms in total. The standard InChI is InChI=1S/C20H19NO6/c1-11-18(20(24)25-3)15(21-19(11)12(2)22)9-17(23)26-10-14-8-13-6-4-5-7-16(13)27-14/h4-8,21H,9-10H2,1-3H3. The van der Waals surface area contributed by atoms with E-state index in [0.29, 0.717) is 22.6 Å². The number of fused-ring (bicyclic) bond motifs is 1. The molecule has 1 aromatic carbocycles. The highest BCUT2D eigenvalue weighted by atomic mass is 16.5. The van der Waals surface area contributed by atoms with Gasteiger partial charge in [-0.1, -0.05) is 18.2 Å². The summed E-state index contributed by atoms with van der Waals surface area (Å²) in [6.07, 6.45) is -0.196. The molecule has 2 aromatic heterocycles. The second-order valence-electron chi connectivity index (χ2n) is 6.11.